The number of aliphatic carboxylic acids is 1. The molecule has 1 fully saturated rings. The standard InChI is InChI=1S/C13H12N2O4S/c14-6-10-7-15(3-4-19-10)13(18)9-5-11(20-8-9)1-2-12(16)17/h1-2,5,8,10H,3-4,7H2,(H,16,17). The van der Waals surface area contributed by atoms with Gasteiger partial charge in [0.1, 0.15) is 0 Å². The second-order valence-corrected chi connectivity index (χ2v) is 5.09. The molecule has 2 heterocycles. The molecule has 20 heavy (non-hydrogen) atoms. The summed E-state index contributed by atoms with van der Waals surface area (Å²) in [6.07, 6.45) is 1.89. The van der Waals surface area contributed by atoms with E-state index in [0.29, 0.717) is 23.6 Å². The van der Waals surface area contributed by atoms with Gasteiger partial charge in [-0.3, -0.25) is 4.79 Å². The van der Waals surface area contributed by atoms with Gasteiger partial charge in [-0.15, -0.1) is 11.3 Å². The average Bonchev–Trinajstić information content (AvgIpc) is 2.93. The van der Waals surface area contributed by atoms with E-state index in [4.69, 9.17) is 15.1 Å². The van der Waals surface area contributed by atoms with Crippen LogP contribution in [0.2, 0.25) is 0 Å². The number of rotatable bonds is 3. The first-order valence-corrected chi connectivity index (χ1v) is 6.78. The van der Waals surface area contributed by atoms with Crippen LogP contribution in [-0.4, -0.2) is 47.7 Å². The number of nitriles is 1. The molecule has 7 heteroatoms. The molecular weight excluding hydrogens is 280 g/mol. The fraction of sp³-hybridized carbons (Fsp3) is 0.308. The first-order valence-electron chi connectivity index (χ1n) is 5.90. The normalized spacial score (nSPS) is 18.9. The molecule has 1 aromatic heterocycles. The molecular formula is C13H12N2O4S. The van der Waals surface area contributed by atoms with Gasteiger partial charge >= 0.3 is 5.97 Å². The van der Waals surface area contributed by atoms with E-state index in [1.54, 1.807) is 16.3 Å². The Morgan fingerprint density at radius 1 is 1.60 bits per heavy atom. The summed E-state index contributed by atoms with van der Waals surface area (Å²) in [5.74, 6) is -1.20. The number of thiophene rings is 1. The van der Waals surface area contributed by atoms with Crippen molar-refractivity contribution in [2.24, 2.45) is 0 Å². The van der Waals surface area contributed by atoms with Crippen LogP contribution >= 0.6 is 11.3 Å². The fourth-order valence-electron chi connectivity index (χ4n) is 1.80. The smallest absolute Gasteiger partial charge is 0.328 e. The Labute approximate surface area is 119 Å². The van der Waals surface area contributed by atoms with Crippen LogP contribution in [0.5, 0.6) is 0 Å². The second kappa shape index (κ2) is 6.32. The Hall–Kier alpha value is -2.17. The summed E-state index contributed by atoms with van der Waals surface area (Å²) in [5.41, 5.74) is 0.499. The number of hydrogen-bond acceptors (Lipinski definition) is 5. The number of carbonyl (C=O) groups is 2. The van der Waals surface area contributed by atoms with Gasteiger partial charge in [0.05, 0.1) is 24.8 Å². The third kappa shape index (κ3) is 3.44. The molecule has 1 atom stereocenters. The fourth-order valence-corrected chi connectivity index (χ4v) is 2.57. The summed E-state index contributed by atoms with van der Waals surface area (Å²) in [4.78, 5) is 24.9. The van der Waals surface area contributed by atoms with Crippen molar-refractivity contribution >= 4 is 29.3 Å². The lowest BCUT2D eigenvalue weighted by Gasteiger charge is -2.29. The first kappa shape index (κ1) is 14.2. The zero-order valence-electron chi connectivity index (χ0n) is 10.5. The van der Waals surface area contributed by atoms with E-state index in [1.165, 1.54) is 17.4 Å². The second-order valence-electron chi connectivity index (χ2n) is 4.15. The van der Waals surface area contributed by atoms with Crippen molar-refractivity contribution in [3.63, 3.8) is 0 Å². The van der Waals surface area contributed by atoms with Gasteiger partial charge in [0.25, 0.3) is 5.91 Å². The molecule has 1 N–H and O–H groups in total. The third-order valence-electron chi connectivity index (χ3n) is 2.75. The van der Waals surface area contributed by atoms with Gasteiger partial charge in [0.2, 0.25) is 0 Å². The Morgan fingerprint density at radius 3 is 3.10 bits per heavy atom. The highest BCUT2D eigenvalue weighted by atomic mass is 32.1. The number of morpholine rings is 1. The summed E-state index contributed by atoms with van der Waals surface area (Å²) in [6, 6.07) is 3.63. The van der Waals surface area contributed by atoms with E-state index >= 15 is 0 Å². The van der Waals surface area contributed by atoms with Gasteiger partial charge in [-0.2, -0.15) is 5.26 Å². The molecule has 1 aliphatic rings. The van der Waals surface area contributed by atoms with Gasteiger partial charge in [-0.25, -0.2) is 4.79 Å². The van der Waals surface area contributed by atoms with Crippen molar-refractivity contribution in [2.75, 3.05) is 19.7 Å². The summed E-state index contributed by atoms with van der Waals surface area (Å²) in [5, 5.41) is 19.0. The molecule has 104 valence electrons. The molecule has 2 rings (SSSR count). The Kier molecular flexibility index (Phi) is 4.50. The number of carboxylic acids is 1. The molecule has 1 unspecified atom stereocenters. The molecule has 1 amide bonds. The zero-order valence-corrected chi connectivity index (χ0v) is 11.3. The molecule has 0 bridgehead atoms. The van der Waals surface area contributed by atoms with Crippen LogP contribution in [0.25, 0.3) is 6.08 Å². The minimum absolute atomic E-state index is 0.167. The summed E-state index contributed by atoms with van der Waals surface area (Å²) in [6.45, 7) is 1.05. The summed E-state index contributed by atoms with van der Waals surface area (Å²) < 4.78 is 5.18. The first-order chi connectivity index (χ1) is 9.60. The van der Waals surface area contributed by atoms with Crippen LogP contribution in [0, 0.1) is 11.3 Å². The SMILES string of the molecule is N#CC1CN(C(=O)c2csc(C=CC(=O)O)c2)CCO1. The number of nitrogens with zero attached hydrogens (tertiary/aromatic N) is 2. The van der Waals surface area contributed by atoms with Crippen molar-refractivity contribution in [3.05, 3.63) is 28.0 Å². The molecule has 6 nitrogen and oxygen atoms in total. The van der Waals surface area contributed by atoms with E-state index in [-0.39, 0.29) is 12.5 Å². The van der Waals surface area contributed by atoms with E-state index < -0.39 is 12.1 Å². The van der Waals surface area contributed by atoms with Gasteiger partial charge in [-0.1, -0.05) is 0 Å². The Morgan fingerprint density at radius 2 is 2.40 bits per heavy atom. The molecule has 0 saturated carbocycles. The number of amides is 1. The largest absolute Gasteiger partial charge is 0.478 e. The van der Waals surface area contributed by atoms with Gasteiger partial charge in [-0.05, 0) is 12.1 Å². The maximum Gasteiger partial charge on any atom is 0.328 e. The van der Waals surface area contributed by atoms with Crippen molar-refractivity contribution in [2.45, 2.75) is 6.10 Å². The maximum atomic E-state index is 12.2. The molecule has 0 radical (unpaired) electrons. The molecule has 1 saturated heterocycles. The van der Waals surface area contributed by atoms with Crippen LogP contribution in [0.15, 0.2) is 17.5 Å². The average molecular weight is 292 g/mol. The highest BCUT2D eigenvalue weighted by molar-refractivity contribution is 7.11. The lowest BCUT2D eigenvalue weighted by atomic mass is 10.2. The van der Waals surface area contributed by atoms with Gasteiger partial charge in [0.15, 0.2) is 6.10 Å². The number of carbonyl (C=O) groups excluding carboxylic acids is 1. The molecule has 0 spiro atoms. The Balaban J connectivity index is 2.06. The summed E-state index contributed by atoms with van der Waals surface area (Å²) in [7, 11) is 0. The summed E-state index contributed by atoms with van der Waals surface area (Å²) >= 11 is 1.30. The van der Waals surface area contributed by atoms with E-state index in [0.717, 1.165) is 6.08 Å². The van der Waals surface area contributed by atoms with Crippen LogP contribution in [0.3, 0.4) is 0 Å². The lowest BCUT2D eigenvalue weighted by Crippen LogP contribution is -2.45. The topological polar surface area (TPSA) is 90.6 Å². The number of carboxylic acid groups (broad SMARTS) is 1. The third-order valence-corrected chi connectivity index (χ3v) is 3.65. The van der Waals surface area contributed by atoms with E-state index in [1.807, 2.05) is 6.07 Å². The molecule has 0 aliphatic carbocycles. The van der Waals surface area contributed by atoms with Crippen molar-refractivity contribution in [3.8, 4) is 6.07 Å². The maximum absolute atomic E-state index is 12.2. The van der Waals surface area contributed by atoms with Crippen LogP contribution < -0.4 is 0 Å². The van der Waals surface area contributed by atoms with Gasteiger partial charge in [0, 0.05) is 22.9 Å². The quantitative estimate of drug-likeness (QED) is 0.846. The van der Waals surface area contributed by atoms with E-state index in [9.17, 15) is 9.59 Å². The lowest BCUT2D eigenvalue weighted by molar-refractivity contribution is -0.131. The van der Waals surface area contributed by atoms with Crippen molar-refractivity contribution in [1.82, 2.24) is 4.90 Å². The minimum atomic E-state index is -1.03. The van der Waals surface area contributed by atoms with E-state index in [2.05, 4.69) is 0 Å². The number of hydrogen-bond donors (Lipinski definition) is 1. The highest BCUT2D eigenvalue weighted by Gasteiger charge is 2.25. The molecule has 1 aromatic rings. The molecule has 1 aliphatic heterocycles. The predicted octanol–water partition coefficient (Wildman–Crippen LogP) is 1.21. The highest BCUT2D eigenvalue weighted by Crippen LogP contribution is 2.19. The minimum Gasteiger partial charge on any atom is -0.478 e. The Bertz CT molecular complexity index is 587. The van der Waals surface area contributed by atoms with Crippen LogP contribution in [0.1, 0.15) is 15.2 Å². The predicted molar refractivity (Wildman–Crippen MR) is 72.2 cm³/mol. The van der Waals surface area contributed by atoms with Gasteiger partial charge < -0.3 is 14.7 Å². The van der Waals surface area contributed by atoms with Crippen LogP contribution in [0.4, 0.5) is 0 Å². The molecule has 0 aromatic carbocycles. The van der Waals surface area contributed by atoms with Crippen molar-refractivity contribution in [1.29, 1.82) is 5.26 Å². The zero-order chi connectivity index (χ0) is 14.5. The van der Waals surface area contributed by atoms with Crippen LogP contribution in [-0.2, 0) is 9.53 Å². The number of ether oxygens (including phenoxy) is 1. The monoisotopic (exact) mass is 292 g/mol. The van der Waals surface area contributed by atoms with Crippen molar-refractivity contribution < 1.29 is 19.4 Å².